The third-order valence-electron chi connectivity index (χ3n) is 6.31. The molecule has 0 bridgehead atoms. The van der Waals surface area contributed by atoms with Crippen molar-refractivity contribution in [3.63, 3.8) is 0 Å². The molecule has 0 atom stereocenters. The fraction of sp³-hybridized carbons (Fsp3) is 0.320. The first-order chi connectivity index (χ1) is 15.5. The maximum Gasteiger partial charge on any atom is 0.410 e. The van der Waals surface area contributed by atoms with Gasteiger partial charge >= 0.3 is 6.09 Å². The van der Waals surface area contributed by atoms with Crippen molar-refractivity contribution in [1.82, 2.24) is 15.0 Å². The third kappa shape index (κ3) is 3.86. The van der Waals surface area contributed by atoms with Gasteiger partial charge in [0.15, 0.2) is 5.69 Å². The van der Waals surface area contributed by atoms with E-state index in [1.807, 2.05) is 30.3 Å². The number of rotatable bonds is 4. The fourth-order valence-electron chi connectivity index (χ4n) is 4.58. The monoisotopic (exact) mass is 431 g/mol. The summed E-state index contributed by atoms with van der Waals surface area (Å²) in [6.45, 7) is 3.82. The first-order valence-corrected chi connectivity index (χ1v) is 10.9. The molecule has 2 saturated heterocycles. The van der Waals surface area contributed by atoms with E-state index in [0.29, 0.717) is 50.5 Å². The van der Waals surface area contributed by atoms with E-state index in [4.69, 9.17) is 9.26 Å². The molecule has 3 aromatic rings. The number of aromatic nitrogens is 1. The molecule has 2 amide bonds. The van der Waals surface area contributed by atoms with Gasteiger partial charge in [0.2, 0.25) is 0 Å². The lowest BCUT2D eigenvalue weighted by Gasteiger charge is -2.37. The van der Waals surface area contributed by atoms with E-state index >= 15 is 0 Å². The summed E-state index contributed by atoms with van der Waals surface area (Å²) in [5.41, 5.74) is 3.10. The number of aryl methyl sites for hydroxylation is 1. The van der Waals surface area contributed by atoms with Crippen LogP contribution in [0.2, 0.25) is 0 Å². The summed E-state index contributed by atoms with van der Waals surface area (Å²) >= 11 is 0. The minimum atomic E-state index is -0.546. The zero-order valence-corrected chi connectivity index (χ0v) is 18.0. The summed E-state index contributed by atoms with van der Waals surface area (Å²) in [6.07, 6.45) is 0.927. The summed E-state index contributed by atoms with van der Waals surface area (Å²) in [7, 11) is 0. The number of hydrogen-bond acceptors (Lipinski definition) is 5. The molecule has 5 rings (SSSR count). The Morgan fingerprint density at radius 2 is 1.78 bits per heavy atom. The molecule has 0 radical (unpaired) electrons. The normalized spacial score (nSPS) is 17.6. The van der Waals surface area contributed by atoms with Gasteiger partial charge in [0, 0.05) is 38.5 Å². The van der Waals surface area contributed by atoms with Gasteiger partial charge in [0.1, 0.15) is 11.4 Å². The predicted molar refractivity (Wildman–Crippen MR) is 118 cm³/mol. The quantitative estimate of drug-likeness (QED) is 0.616. The number of piperidine rings is 1. The van der Waals surface area contributed by atoms with Crippen LogP contribution >= 0.6 is 0 Å². The van der Waals surface area contributed by atoms with Crippen molar-refractivity contribution in [3.05, 3.63) is 77.7 Å². The van der Waals surface area contributed by atoms with Crippen molar-refractivity contribution in [2.24, 2.45) is 0 Å². The Morgan fingerprint density at radius 1 is 1.06 bits per heavy atom. The Kier molecular flexibility index (Phi) is 5.17. The van der Waals surface area contributed by atoms with Crippen molar-refractivity contribution in [3.8, 4) is 11.1 Å². The van der Waals surface area contributed by atoms with E-state index in [1.54, 1.807) is 22.8 Å². The summed E-state index contributed by atoms with van der Waals surface area (Å²) in [5, 5.41) is 3.82. The predicted octanol–water partition coefficient (Wildman–Crippen LogP) is 4.28. The van der Waals surface area contributed by atoms with Gasteiger partial charge in [-0.1, -0.05) is 59.8 Å². The summed E-state index contributed by atoms with van der Waals surface area (Å²) in [6, 6.07) is 20.0. The minimum Gasteiger partial charge on any atom is -0.441 e. The second kappa shape index (κ2) is 8.15. The summed E-state index contributed by atoms with van der Waals surface area (Å²) in [4.78, 5) is 28.9. The first-order valence-electron chi connectivity index (χ1n) is 10.9. The molecule has 2 aromatic carbocycles. The lowest BCUT2D eigenvalue weighted by atomic mass is 9.91. The van der Waals surface area contributed by atoms with Crippen LogP contribution in [0.15, 0.2) is 65.2 Å². The van der Waals surface area contributed by atoms with Crippen LogP contribution in [-0.2, 0) is 11.3 Å². The second-order valence-electron chi connectivity index (χ2n) is 8.55. The largest absolute Gasteiger partial charge is 0.441 e. The van der Waals surface area contributed by atoms with Gasteiger partial charge in [-0.15, -0.1) is 0 Å². The number of amides is 2. The van der Waals surface area contributed by atoms with Crippen LogP contribution in [0.25, 0.3) is 11.1 Å². The SMILES string of the molecule is Cc1cc(C(=O)N2CCC3(CC2)CN(Cc2ccccc2-c2ccccc2)C(=O)O3)no1. The average Bonchev–Trinajstić information content (AvgIpc) is 3.38. The molecule has 0 saturated carbocycles. The number of carbonyl (C=O) groups excluding carboxylic acids is 2. The smallest absolute Gasteiger partial charge is 0.410 e. The summed E-state index contributed by atoms with van der Waals surface area (Å²) < 4.78 is 10.9. The molecule has 2 fully saturated rings. The van der Waals surface area contributed by atoms with E-state index in [1.165, 1.54) is 0 Å². The zero-order chi connectivity index (χ0) is 22.1. The lowest BCUT2D eigenvalue weighted by Crippen LogP contribution is -2.48. The number of benzene rings is 2. The molecular formula is C25H25N3O4. The van der Waals surface area contributed by atoms with Crippen molar-refractivity contribution in [1.29, 1.82) is 0 Å². The summed E-state index contributed by atoms with van der Waals surface area (Å²) in [5.74, 6) is 0.465. The van der Waals surface area contributed by atoms with E-state index in [-0.39, 0.29) is 12.0 Å². The highest BCUT2D eigenvalue weighted by Crippen LogP contribution is 2.35. The van der Waals surface area contributed by atoms with Crippen LogP contribution in [-0.4, -0.2) is 52.2 Å². The first kappa shape index (κ1) is 20.3. The highest BCUT2D eigenvalue weighted by Gasteiger charge is 2.47. The van der Waals surface area contributed by atoms with Crippen LogP contribution < -0.4 is 0 Å². The molecule has 0 N–H and O–H groups in total. The molecular weight excluding hydrogens is 406 g/mol. The number of hydrogen-bond donors (Lipinski definition) is 0. The third-order valence-corrected chi connectivity index (χ3v) is 6.31. The molecule has 2 aliphatic heterocycles. The van der Waals surface area contributed by atoms with Crippen molar-refractivity contribution < 1.29 is 18.8 Å². The topological polar surface area (TPSA) is 75.9 Å². The Bertz CT molecular complexity index is 1130. The van der Waals surface area contributed by atoms with Gasteiger partial charge in [-0.2, -0.15) is 0 Å². The van der Waals surface area contributed by atoms with E-state index in [0.717, 1.165) is 16.7 Å². The van der Waals surface area contributed by atoms with Gasteiger partial charge in [0.25, 0.3) is 5.91 Å². The van der Waals surface area contributed by atoms with Crippen LogP contribution in [0.1, 0.15) is 34.7 Å². The van der Waals surface area contributed by atoms with Crippen LogP contribution in [0.4, 0.5) is 4.79 Å². The van der Waals surface area contributed by atoms with Gasteiger partial charge in [-0.3, -0.25) is 9.69 Å². The molecule has 1 spiro atoms. The standard InChI is InChI=1S/C25H25N3O4/c1-18-15-22(26-32-18)23(29)27-13-11-25(12-14-27)17-28(24(30)31-25)16-20-9-5-6-10-21(20)19-7-3-2-4-8-19/h2-10,15H,11-14,16-17H2,1H3. The Balaban J connectivity index is 1.26. The molecule has 0 unspecified atom stereocenters. The maximum absolute atomic E-state index is 12.7. The van der Waals surface area contributed by atoms with E-state index in [2.05, 4.69) is 29.4 Å². The molecule has 1 aromatic heterocycles. The molecule has 0 aliphatic carbocycles. The number of carbonyl (C=O) groups is 2. The average molecular weight is 431 g/mol. The lowest BCUT2D eigenvalue weighted by molar-refractivity contribution is 0.00286. The molecule has 164 valence electrons. The number of nitrogens with zero attached hydrogens (tertiary/aromatic N) is 3. The molecule has 2 aliphatic rings. The Morgan fingerprint density at radius 3 is 2.50 bits per heavy atom. The number of ether oxygens (including phenoxy) is 1. The van der Waals surface area contributed by atoms with Crippen molar-refractivity contribution >= 4 is 12.0 Å². The maximum atomic E-state index is 12.7. The van der Waals surface area contributed by atoms with Crippen LogP contribution in [0.5, 0.6) is 0 Å². The minimum absolute atomic E-state index is 0.144. The van der Waals surface area contributed by atoms with Gasteiger partial charge in [-0.25, -0.2) is 4.79 Å². The highest BCUT2D eigenvalue weighted by atomic mass is 16.6. The van der Waals surface area contributed by atoms with Crippen LogP contribution in [0.3, 0.4) is 0 Å². The second-order valence-corrected chi connectivity index (χ2v) is 8.55. The highest BCUT2D eigenvalue weighted by molar-refractivity contribution is 5.92. The fourth-order valence-corrected chi connectivity index (χ4v) is 4.58. The Hall–Kier alpha value is -3.61. The molecule has 3 heterocycles. The van der Waals surface area contributed by atoms with E-state index < -0.39 is 5.60 Å². The van der Waals surface area contributed by atoms with Crippen molar-refractivity contribution in [2.75, 3.05) is 19.6 Å². The van der Waals surface area contributed by atoms with Gasteiger partial charge in [-0.05, 0) is 23.6 Å². The molecule has 7 nitrogen and oxygen atoms in total. The molecule has 7 heteroatoms. The molecule has 32 heavy (non-hydrogen) atoms. The zero-order valence-electron chi connectivity index (χ0n) is 18.0. The van der Waals surface area contributed by atoms with Crippen molar-refractivity contribution in [2.45, 2.75) is 31.9 Å². The van der Waals surface area contributed by atoms with Crippen LogP contribution in [0, 0.1) is 6.92 Å². The number of likely N-dealkylation sites (tertiary alicyclic amines) is 1. The van der Waals surface area contributed by atoms with Gasteiger partial charge in [0.05, 0.1) is 6.54 Å². The Labute approximate surface area is 186 Å². The van der Waals surface area contributed by atoms with E-state index in [9.17, 15) is 9.59 Å². The van der Waals surface area contributed by atoms with Gasteiger partial charge < -0.3 is 14.2 Å².